The Kier molecular flexibility index (Phi) is 8.72. The predicted octanol–water partition coefficient (Wildman–Crippen LogP) is 16.1. The minimum atomic E-state index is 1.11. The number of benzene rings is 9. The fourth-order valence-corrected chi connectivity index (χ4v) is 9.86. The zero-order valence-electron chi connectivity index (χ0n) is 32.2. The van der Waals surface area contributed by atoms with Crippen molar-refractivity contribution in [3.63, 3.8) is 0 Å². The van der Waals surface area contributed by atoms with Crippen molar-refractivity contribution in [2.45, 2.75) is 0 Å². The predicted molar refractivity (Wildman–Crippen MR) is 253 cm³/mol. The third kappa shape index (κ3) is 6.20. The van der Waals surface area contributed by atoms with Crippen LogP contribution in [0.5, 0.6) is 0 Å². The lowest BCUT2D eigenvalue weighted by Gasteiger charge is -2.26. The maximum Gasteiger partial charge on any atom is 0.0640 e. The van der Waals surface area contributed by atoms with Gasteiger partial charge in [0.05, 0.1) is 21.6 Å². The summed E-state index contributed by atoms with van der Waals surface area (Å²) in [6, 6.07) is 83.4. The lowest BCUT2D eigenvalue weighted by atomic mass is 9.98. The highest BCUT2D eigenvalue weighted by Gasteiger charge is 2.22. The molecule has 2 aromatic heterocycles. The van der Waals surface area contributed by atoms with Crippen LogP contribution in [-0.2, 0) is 0 Å². The number of rotatable bonds is 8. The van der Waals surface area contributed by atoms with Gasteiger partial charge in [0.25, 0.3) is 0 Å². The molecule has 0 radical (unpaired) electrons. The molecule has 0 fully saturated rings. The molecule has 11 aromatic rings. The molecule has 0 spiro atoms. The standard InChI is InChI=1S/C56H38N2S/c1-4-15-39(16-5-1)40-27-33-45(34-28-40)57(52-25-14-23-49-48-21-11-13-26-53(48)59-56(49)52)46-35-29-41(30-36-46)42-31-37-47(38-32-42)58-51-24-12-10-22-50(51)54(43-17-6-2-7-18-43)55(58)44-19-8-3-9-20-44/h1-38H. The molecule has 0 N–H and O–H groups in total. The van der Waals surface area contributed by atoms with E-state index in [1.807, 2.05) is 11.3 Å². The van der Waals surface area contributed by atoms with Crippen molar-refractivity contribution < 1.29 is 0 Å². The maximum absolute atomic E-state index is 2.43. The second kappa shape index (κ2) is 14.8. The van der Waals surface area contributed by atoms with E-state index in [2.05, 4.69) is 240 Å². The molecule has 0 saturated carbocycles. The summed E-state index contributed by atoms with van der Waals surface area (Å²) >= 11 is 1.86. The second-order valence-corrected chi connectivity index (χ2v) is 16.0. The van der Waals surface area contributed by atoms with E-state index in [1.165, 1.54) is 81.4 Å². The fourth-order valence-electron chi connectivity index (χ4n) is 8.65. The molecule has 0 saturated heterocycles. The average molecular weight is 771 g/mol. The van der Waals surface area contributed by atoms with Crippen LogP contribution in [0.3, 0.4) is 0 Å². The first-order valence-electron chi connectivity index (χ1n) is 20.1. The largest absolute Gasteiger partial charge is 0.309 e. The van der Waals surface area contributed by atoms with Crippen LogP contribution in [0.2, 0.25) is 0 Å². The minimum Gasteiger partial charge on any atom is -0.309 e. The Hall–Kier alpha value is -7.46. The lowest BCUT2D eigenvalue weighted by molar-refractivity contribution is 1.14. The van der Waals surface area contributed by atoms with Gasteiger partial charge in [-0.15, -0.1) is 11.3 Å². The monoisotopic (exact) mass is 770 g/mol. The van der Waals surface area contributed by atoms with Crippen LogP contribution < -0.4 is 4.90 Å². The molecule has 0 aliphatic carbocycles. The van der Waals surface area contributed by atoms with Crippen molar-refractivity contribution in [1.82, 2.24) is 4.57 Å². The maximum atomic E-state index is 2.43. The van der Waals surface area contributed by atoms with Gasteiger partial charge in [-0.3, -0.25) is 0 Å². The van der Waals surface area contributed by atoms with E-state index in [4.69, 9.17) is 0 Å². The number of hydrogen-bond acceptors (Lipinski definition) is 2. The summed E-state index contributed by atoms with van der Waals surface area (Å²) < 4.78 is 5.01. The molecule has 278 valence electrons. The molecule has 0 aliphatic heterocycles. The van der Waals surface area contributed by atoms with Crippen molar-refractivity contribution in [1.29, 1.82) is 0 Å². The van der Waals surface area contributed by atoms with Crippen LogP contribution in [0.15, 0.2) is 231 Å². The Morgan fingerprint density at radius 1 is 0.339 bits per heavy atom. The van der Waals surface area contributed by atoms with Gasteiger partial charge in [-0.25, -0.2) is 0 Å². The first-order chi connectivity index (χ1) is 29.3. The summed E-state index contributed by atoms with van der Waals surface area (Å²) in [5.41, 5.74) is 15.3. The quantitative estimate of drug-likeness (QED) is 0.149. The first-order valence-corrected chi connectivity index (χ1v) is 20.9. The summed E-state index contributed by atoms with van der Waals surface area (Å²) in [6.07, 6.45) is 0. The molecule has 0 aliphatic rings. The molecular weight excluding hydrogens is 733 g/mol. The van der Waals surface area contributed by atoms with E-state index in [-0.39, 0.29) is 0 Å². The van der Waals surface area contributed by atoms with Crippen LogP contribution >= 0.6 is 11.3 Å². The van der Waals surface area contributed by atoms with Gasteiger partial charge in [0.1, 0.15) is 0 Å². The summed E-state index contributed by atoms with van der Waals surface area (Å²) in [7, 11) is 0. The van der Waals surface area contributed by atoms with E-state index < -0.39 is 0 Å². The Morgan fingerprint density at radius 2 is 0.814 bits per heavy atom. The number of aromatic nitrogens is 1. The molecular formula is C56H38N2S. The van der Waals surface area contributed by atoms with Crippen molar-refractivity contribution in [2.24, 2.45) is 0 Å². The van der Waals surface area contributed by atoms with E-state index in [0.29, 0.717) is 0 Å². The SMILES string of the molecule is c1ccc(-c2ccc(N(c3ccc(-c4ccc(-n5c(-c6ccccc6)c(-c6ccccc6)c6ccccc65)cc4)cc3)c3cccc4c3sc3ccccc34)cc2)cc1. The number of para-hydroxylation sites is 1. The highest BCUT2D eigenvalue weighted by molar-refractivity contribution is 7.26. The van der Waals surface area contributed by atoms with Crippen LogP contribution in [0, 0.1) is 0 Å². The topological polar surface area (TPSA) is 8.17 Å². The van der Waals surface area contributed by atoms with Gasteiger partial charge in [0.2, 0.25) is 0 Å². The fraction of sp³-hybridized carbons (Fsp3) is 0. The number of anilines is 3. The van der Waals surface area contributed by atoms with Crippen LogP contribution in [0.1, 0.15) is 0 Å². The Bertz CT molecular complexity index is 3220. The first kappa shape index (κ1) is 34.8. The molecule has 0 bridgehead atoms. The van der Waals surface area contributed by atoms with Gasteiger partial charge >= 0.3 is 0 Å². The third-order valence-electron chi connectivity index (χ3n) is 11.4. The average Bonchev–Trinajstić information content (AvgIpc) is 3.88. The van der Waals surface area contributed by atoms with Crippen molar-refractivity contribution in [3.8, 4) is 50.3 Å². The van der Waals surface area contributed by atoms with Crippen molar-refractivity contribution in [2.75, 3.05) is 4.90 Å². The summed E-state index contributed by atoms with van der Waals surface area (Å²) in [4.78, 5) is 2.41. The van der Waals surface area contributed by atoms with Gasteiger partial charge in [-0.1, -0.05) is 176 Å². The molecule has 11 rings (SSSR count). The van der Waals surface area contributed by atoms with Crippen molar-refractivity contribution in [3.05, 3.63) is 231 Å². The zero-order valence-corrected chi connectivity index (χ0v) is 33.1. The lowest BCUT2D eigenvalue weighted by Crippen LogP contribution is -2.10. The Morgan fingerprint density at radius 3 is 1.44 bits per heavy atom. The molecule has 0 amide bonds. The Balaban J connectivity index is 0.994. The molecule has 2 nitrogen and oxygen atoms in total. The van der Waals surface area contributed by atoms with E-state index in [9.17, 15) is 0 Å². The van der Waals surface area contributed by atoms with Crippen molar-refractivity contribution >= 4 is 59.5 Å². The molecule has 3 heteroatoms. The highest BCUT2D eigenvalue weighted by atomic mass is 32.1. The van der Waals surface area contributed by atoms with Gasteiger partial charge < -0.3 is 9.47 Å². The molecule has 9 aromatic carbocycles. The number of hydrogen-bond donors (Lipinski definition) is 0. The smallest absolute Gasteiger partial charge is 0.0640 e. The summed E-state index contributed by atoms with van der Waals surface area (Å²) in [5.74, 6) is 0. The van der Waals surface area contributed by atoms with E-state index in [0.717, 1.165) is 17.1 Å². The highest BCUT2D eigenvalue weighted by Crippen LogP contribution is 2.46. The van der Waals surface area contributed by atoms with Crippen LogP contribution in [-0.4, -0.2) is 4.57 Å². The Labute approximate surface area is 348 Å². The molecule has 59 heavy (non-hydrogen) atoms. The van der Waals surface area contributed by atoms with Gasteiger partial charge in [0.15, 0.2) is 0 Å². The van der Waals surface area contributed by atoms with Gasteiger partial charge in [0, 0.05) is 43.5 Å². The second-order valence-electron chi connectivity index (χ2n) is 14.9. The summed E-state index contributed by atoms with van der Waals surface area (Å²) in [5, 5.41) is 3.82. The van der Waals surface area contributed by atoms with E-state index in [1.54, 1.807) is 0 Å². The number of nitrogens with zero attached hydrogens (tertiary/aromatic N) is 2. The third-order valence-corrected chi connectivity index (χ3v) is 12.6. The van der Waals surface area contributed by atoms with Crippen LogP contribution in [0.25, 0.3) is 81.4 Å². The molecule has 0 atom stereocenters. The number of thiophene rings is 1. The van der Waals surface area contributed by atoms with Gasteiger partial charge in [-0.2, -0.15) is 0 Å². The molecule has 0 unspecified atom stereocenters. The van der Waals surface area contributed by atoms with Gasteiger partial charge in [-0.05, 0) is 88.0 Å². The minimum absolute atomic E-state index is 1.11. The number of fused-ring (bicyclic) bond motifs is 4. The zero-order chi connectivity index (χ0) is 39.1. The molecule has 2 heterocycles. The van der Waals surface area contributed by atoms with Crippen LogP contribution in [0.4, 0.5) is 17.1 Å². The normalized spacial score (nSPS) is 11.4. The summed E-state index contributed by atoms with van der Waals surface area (Å²) in [6.45, 7) is 0. The van der Waals surface area contributed by atoms with E-state index >= 15 is 0 Å².